The number of amides is 1. The monoisotopic (exact) mass is 361 g/mol. The molecule has 1 atom stereocenters. The molecule has 0 spiro atoms. The lowest BCUT2D eigenvalue weighted by atomic mass is 9.94. The highest BCUT2D eigenvalue weighted by Gasteiger charge is 2.27. The van der Waals surface area contributed by atoms with Gasteiger partial charge in [-0.1, -0.05) is 5.16 Å². The molecule has 2 saturated heterocycles. The minimum Gasteiger partial charge on any atom is -0.381 e. The van der Waals surface area contributed by atoms with Gasteiger partial charge >= 0.3 is 0 Å². The predicted octanol–water partition coefficient (Wildman–Crippen LogP) is 3.12. The highest BCUT2D eigenvalue weighted by atomic mass is 32.1. The van der Waals surface area contributed by atoms with Crippen molar-refractivity contribution in [3.63, 3.8) is 0 Å². The number of hydrogen-bond donors (Lipinski definition) is 0. The van der Waals surface area contributed by atoms with Gasteiger partial charge in [-0.25, -0.2) is 0 Å². The topological polar surface area (TPSA) is 68.5 Å². The fourth-order valence-electron chi connectivity index (χ4n) is 3.70. The van der Waals surface area contributed by atoms with Crippen LogP contribution in [0.4, 0.5) is 0 Å². The quantitative estimate of drug-likeness (QED) is 0.837. The van der Waals surface area contributed by atoms with E-state index in [0.717, 1.165) is 69.8 Å². The molecule has 0 saturated carbocycles. The van der Waals surface area contributed by atoms with Crippen LogP contribution in [0.5, 0.6) is 0 Å². The number of hydrogen-bond acceptors (Lipinski definition) is 6. The molecule has 6 nitrogen and oxygen atoms in total. The summed E-state index contributed by atoms with van der Waals surface area (Å²) in [5.41, 5.74) is 0.797. The van der Waals surface area contributed by atoms with Crippen LogP contribution in [0.15, 0.2) is 21.3 Å². The van der Waals surface area contributed by atoms with Gasteiger partial charge < -0.3 is 14.2 Å². The predicted molar refractivity (Wildman–Crippen MR) is 93.7 cm³/mol. The maximum absolute atomic E-state index is 12.5. The number of aromatic nitrogens is 2. The molecule has 0 bridgehead atoms. The Morgan fingerprint density at radius 1 is 1.32 bits per heavy atom. The van der Waals surface area contributed by atoms with Crippen LogP contribution in [0, 0.1) is 5.92 Å². The summed E-state index contributed by atoms with van der Waals surface area (Å²) in [5, 5.41) is 8.05. The molecule has 2 fully saturated rings. The molecule has 0 aliphatic carbocycles. The minimum absolute atomic E-state index is 0.138. The van der Waals surface area contributed by atoms with Crippen molar-refractivity contribution in [1.29, 1.82) is 0 Å². The van der Waals surface area contributed by atoms with Gasteiger partial charge in [-0.05, 0) is 43.0 Å². The molecule has 2 aliphatic rings. The Hall–Kier alpha value is -1.73. The second-order valence-corrected chi connectivity index (χ2v) is 7.69. The molecule has 25 heavy (non-hydrogen) atoms. The smallest absolute Gasteiger partial charge is 0.254 e. The van der Waals surface area contributed by atoms with Crippen molar-refractivity contribution >= 4 is 17.2 Å². The van der Waals surface area contributed by atoms with Gasteiger partial charge in [0.05, 0.1) is 5.56 Å². The van der Waals surface area contributed by atoms with Crippen LogP contribution >= 0.6 is 11.3 Å². The Balaban J connectivity index is 1.36. The van der Waals surface area contributed by atoms with Gasteiger partial charge in [-0.15, -0.1) is 0 Å². The third-order valence-corrected chi connectivity index (χ3v) is 5.79. The van der Waals surface area contributed by atoms with Crippen molar-refractivity contribution in [2.75, 3.05) is 26.3 Å². The summed E-state index contributed by atoms with van der Waals surface area (Å²) in [4.78, 5) is 19.1. The van der Waals surface area contributed by atoms with E-state index in [2.05, 4.69) is 10.1 Å². The lowest BCUT2D eigenvalue weighted by molar-refractivity contribution is 0.0668. The maximum atomic E-state index is 12.5. The summed E-state index contributed by atoms with van der Waals surface area (Å²) >= 11 is 1.56. The molecule has 0 radical (unpaired) electrons. The van der Waals surface area contributed by atoms with Crippen molar-refractivity contribution in [2.45, 2.75) is 38.0 Å². The number of thiophene rings is 1. The second kappa shape index (κ2) is 7.66. The van der Waals surface area contributed by atoms with Crippen molar-refractivity contribution in [3.8, 4) is 0 Å². The van der Waals surface area contributed by atoms with E-state index >= 15 is 0 Å². The van der Waals surface area contributed by atoms with E-state index in [1.807, 2.05) is 21.7 Å². The third-order valence-electron chi connectivity index (χ3n) is 5.11. The molecule has 2 aromatic rings. The van der Waals surface area contributed by atoms with Gasteiger partial charge in [0.15, 0.2) is 5.82 Å². The molecule has 0 aromatic carbocycles. The van der Waals surface area contributed by atoms with E-state index in [1.165, 1.54) is 0 Å². The van der Waals surface area contributed by atoms with E-state index in [9.17, 15) is 4.79 Å². The maximum Gasteiger partial charge on any atom is 0.254 e. The van der Waals surface area contributed by atoms with Crippen molar-refractivity contribution in [1.82, 2.24) is 15.0 Å². The fraction of sp³-hybridized carbons (Fsp3) is 0.611. The highest BCUT2D eigenvalue weighted by molar-refractivity contribution is 7.08. The van der Waals surface area contributed by atoms with E-state index in [-0.39, 0.29) is 5.91 Å². The van der Waals surface area contributed by atoms with Crippen molar-refractivity contribution in [3.05, 3.63) is 34.1 Å². The van der Waals surface area contributed by atoms with Gasteiger partial charge in [-0.2, -0.15) is 16.3 Å². The first-order chi connectivity index (χ1) is 12.3. The van der Waals surface area contributed by atoms with Gasteiger partial charge in [0.2, 0.25) is 5.89 Å². The van der Waals surface area contributed by atoms with Crippen LogP contribution in [-0.4, -0.2) is 47.3 Å². The molecule has 7 heteroatoms. The SMILES string of the molecule is O=C(c1ccsc1)N1CCCC(Cc2nc(C3CCOCC3)no2)C1. The number of rotatable bonds is 4. The third kappa shape index (κ3) is 3.93. The number of ether oxygens (including phenoxy) is 1. The van der Waals surface area contributed by atoms with Crippen molar-refractivity contribution < 1.29 is 14.1 Å². The van der Waals surface area contributed by atoms with Crippen LogP contribution in [0.3, 0.4) is 0 Å². The van der Waals surface area contributed by atoms with Crippen LogP contribution in [0.25, 0.3) is 0 Å². The Morgan fingerprint density at radius 2 is 2.20 bits per heavy atom. The molecular weight excluding hydrogens is 338 g/mol. The second-order valence-electron chi connectivity index (χ2n) is 6.91. The molecule has 4 heterocycles. The standard InChI is InChI=1S/C18H23N3O3S/c22-18(15-5-9-25-12-15)21-6-1-2-13(11-21)10-16-19-17(20-24-16)14-3-7-23-8-4-14/h5,9,12-14H,1-4,6-8,10-11H2. The van der Waals surface area contributed by atoms with Gasteiger partial charge in [-0.3, -0.25) is 4.79 Å². The average Bonchev–Trinajstić information content (AvgIpc) is 3.34. The lowest BCUT2D eigenvalue weighted by Crippen LogP contribution is -2.40. The zero-order valence-corrected chi connectivity index (χ0v) is 15.0. The molecule has 1 amide bonds. The largest absolute Gasteiger partial charge is 0.381 e. The Labute approximate surface area is 151 Å². The van der Waals surface area contributed by atoms with E-state index in [0.29, 0.717) is 17.7 Å². The van der Waals surface area contributed by atoms with Gasteiger partial charge in [0.25, 0.3) is 5.91 Å². The summed E-state index contributed by atoms with van der Waals surface area (Å²) in [5.74, 6) is 2.41. The summed E-state index contributed by atoms with van der Waals surface area (Å²) in [6, 6.07) is 1.90. The first-order valence-corrected chi connectivity index (χ1v) is 9.95. The molecule has 0 N–H and O–H groups in total. The summed E-state index contributed by atoms with van der Waals surface area (Å²) < 4.78 is 10.9. The zero-order chi connectivity index (χ0) is 17.1. The molecule has 2 aliphatic heterocycles. The molecular formula is C18H23N3O3S. The molecule has 134 valence electrons. The van der Waals surface area contributed by atoms with Crippen LogP contribution in [0.1, 0.15) is 53.7 Å². The Kier molecular flexibility index (Phi) is 5.12. The number of carbonyl (C=O) groups is 1. The zero-order valence-electron chi connectivity index (χ0n) is 14.2. The first kappa shape index (κ1) is 16.7. The lowest BCUT2D eigenvalue weighted by Gasteiger charge is -2.32. The number of carbonyl (C=O) groups excluding carboxylic acids is 1. The normalized spacial score (nSPS) is 22.2. The van der Waals surface area contributed by atoms with Gasteiger partial charge in [0, 0.05) is 44.0 Å². The average molecular weight is 361 g/mol. The minimum atomic E-state index is 0.138. The van der Waals surface area contributed by atoms with Crippen LogP contribution < -0.4 is 0 Å². The van der Waals surface area contributed by atoms with E-state index in [1.54, 1.807) is 11.3 Å². The molecule has 4 rings (SSSR count). The summed E-state index contributed by atoms with van der Waals surface area (Å²) in [6.45, 7) is 3.15. The Morgan fingerprint density at radius 3 is 3.00 bits per heavy atom. The van der Waals surface area contributed by atoms with Gasteiger partial charge in [0.1, 0.15) is 0 Å². The summed E-state index contributed by atoms with van der Waals surface area (Å²) in [6.07, 6.45) is 4.81. The first-order valence-electron chi connectivity index (χ1n) is 9.01. The molecule has 2 aromatic heterocycles. The van der Waals surface area contributed by atoms with E-state index < -0.39 is 0 Å². The van der Waals surface area contributed by atoms with E-state index in [4.69, 9.17) is 9.26 Å². The molecule has 1 unspecified atom stereocenters. The number of likely N-dealkylation sites (tertiary alicyclic amines) is 1. The van der Waals surface area contributed by atoms with Crippen molar-refractivity contribution in [2.24, 2.45) is 5.92 Å². The Bertz CT molecular complexity index is 694. The summed E-state index contributed by atoms with van der Waals surface area (Å²) in [7, 11) is 0. The fourth-order valence-corrected chi connectivity index (χ4v) is 4.33. The van der Waals surface area contributed by atoms with Crippen LogP contribution in [0.2, 0.25) is 0 Å². The number of piperidine rings is 1. The van der Waals surface area contributed by atoms with Crippen LogP contribution in [-0.2, 0) is 11.2 Å². The number of nitrogens with zero attached hydrogens (tertiary/aromatic N) is 3. The highest BCUT2D eigenvalue weighted by Crippen LogP contribution is 2.26.